The molecule has 6 aromatic rings. The first-order chi connectivity index (χ1) is 16.3. The number of aromatic amines is 1. The van der Waals surface area contributed by atoms with Gasteiger partial charge in [-0.2, -0.15) is 0 Å². The first-order valence-electron chi connectivity index (χ1n) is 11.7. The number of hydrogen-bond donors (Lipinski definition) is 1. The highest BCUT2D eigenvalue weighted by Crippen LogP contribution is 2.37. The van der Waals surface area contributed by atoms with Gasteiger partial charge >= 0.3 is 0 Å². The molecule has 4 aromatic carbocycles. The molecule has 0 radical (unpaired) electrons. The van der Waals surface area contributed by atoms with Gasteiger partial charge in [0.25, 0.3) is 0 Å². The standard InChI is InChI=1S/C31H24N2/c1-20-11-14-24-26-18-21(12-15-28(26)32-29(24)17-20)22-13-16-31-27(19-22)25-9-5-6-10-30(25)33(31)23-7-3-2-4-8-23/h2-16,18-20,32H,17H2,1H3. The van der Waals surface area contributed by atoms with E-state index in [2.05, 4.69) is 120 Å². The van der Waals surface area contributed by atoms with Crippen molar-refractivity contribution in [1.82, 2.24) is 9.55 Å². The molecule has 33 heavy (non-hydrogen) atoms. The fourth-order valence-electron chi connectivity index (χ4n) is 5.46. The van der Waals surface area contributed by atoms with Crippen LogP contribution in [0.25, 0.3) is 55.6 Å². The molecule has 0 amide bonds. The SMILES string of the molecule is CC1C=Cc2c([nH]c3ccc(-c4ccc5c(c4)c4ccccc4n5-c4ccccc4)cc23)C1. The molecule has 2 heteroatoms. The number of benzene rings is 4. The molecule has 1 N–H and O–H groups in total. The number of allylic oxidation sites excluding steroid dienone is 1. The molecule has 0 saturated heterocycles. The van der Waals surface area contributed by atoms with Crippen LogP contribution in [0, 0.1) is 5.92 Å². The van der Waals surface area contributed by atoms with E-state index in [4.69, 9.17) is 0 Å². The molecule has 1 aliphatic carbocycles. The molecule has 158 valence electrons. The molecular weight excluding hydrogens is 400 g/mol. The molecule has 1 atom stereocenters. The molecule has 2 aromatic heterocycles. The van der Waals surface area contributed by atoms with Crippen molar-refractivity contribution >= 4 is 38.8 Å². The number of para-hydroxylation sites is 2. The average molecular weight is 425 g/mol. The van der Waals surface area contributed by atoms with E-state index in [1.807, 2.05) is 0 Å². The van der Waals surface area contributed by atoms with E-state index < -0.39 is 0 Å². The summed E-state index contributed by atoms with van der Waals surface area (Å²) >= 11 is 0. The van der Waals surface area contributed by atoms with E-state index in [9.17, 15) is 0 Å². The second-order valence-electron chi connectivity index (χ2n) is 9.24. The molecule has 0 spiro atoms. The zero-order valence-corrected chi connectivity index (χ0v) is 18.5. The second-order valence-corrected chi connectivity index (χ2v) is 9.24. The van der Waals surface area contributed by atoms with Gasteiger partial charge in [-0.1, -0.05) is 67.6 Å². The first kappa shape index (κ1) is 18.5. The summed E-state index contributed by atoms with van der Waals surface area (Å²) in [6, 6.07) is 33.1. The summed E-state index contributed by atoms with van der Waals surface area (Å²) < 4.78 is 2.37. The lowest BCUT2D eigenvalue weighted by Gasteiger charge is -2.11. The summed E-state index contributed by atoms with van der Waals surface area (Å²) in [5.74, 6) is 0.592. The molecule has 2 heterocycles. The van der Waals surface area contributed by atoms with Crippen LogP contribution >= 0.6 is 0 Å². The van der Waals surface area contributed by atoms with Crippen molar-refractivity contribution in [3.8, 4) is 16.8 Å². The van der Waals surface area contributed by atoms with Crippen LogP contribution < -0.4 is 0 Å². The van der Waals surface area contributed by atoms with Crippen LogP contribution in [0.5, 0.6) is 0 Å². The van der Waals surface area contributed by atoms with Crippen molar-refractivity contribution in [3.63, 3.8) is 0 Å². The number of aromatic nitrogens is 2. The van der Waals surface area contributed by atoms with Crippen molar-refractivity contribution in [1.29, 1.82) is 0 Å². The topological polar surface area (TPSA) is 20.7 Å². The van der Waals surface area contributed by atoms with Crippen molar-refractivity contribution in [2.75, 3.05) is 0 Å². The fraction of sp³-hybridized carbons (Fsp3) is 0.0968. The van der Waals surface area contributed by atoms with Gasteiger partial charge in [-0.3, -0.25) is 0 Å². The van der Waals surface area contributed by atoms with E-state index >= 15 is 0 Å². The molecule has 0 bridgehead atoms. The van der Waals surface area contributed by atoms with Crippen LogP contribution in [0.4, 0.5) is 0 Å². The maximum Gasteiger partial charge on any atom is 0.0541 e. The van der Waals surface area contributed by atoms with Gasteiger partial charge in [0.05, 0.1) is 11.0 Å². The van der Waals surface area contributed by atoms with Gasteiger partial charge in [0.2, 0.25) is 0 Å². The van der Waals surface area contributed by atoms with Crippen LogP contribution in [-0.2, 0) is 6.42 Å². The summed E-state index contributed by atoms with van der Waals surface area (Å²) in [7, 11) is 0. The number of fused-ring (bicyclic) bond motifs is 6. The molecule has 7 rings (SSSR count). The zero-order chi connectivity index (χ0) is 21.9. The van der Waals surface area contributed by atoms with Crippen LogP contribution in [0.15, 0.2) is 97.1 Å². The number of rotatable bonds is 2. The maximum absolute atomic E-state index is 3.65. The van der Waals surface area contributed by atoms with Crippen molar-refractivity contribution in [3.05, 3.63) is 108 Å². The first-order valence-corrected chi connectivity index (χ1v) is 11.7. The van der Waals surface area contributed by atoms with E-state index in [1.165, 1.54) is 60.8 Å². The van der Waals surface area contributed by atoms with E-state index in [0.717, 1.165) is 6.42 Å². The largest absolute Gasteiger partial charge is 0.358 e. The third-order valence-corrected chi connectivity index (χ3v) is 7.06. The molecule has 1 unspecified atom stereocenters. The molecule has 0 fully saturated rings. The summed E-state index contributed by atoms with van der Waals surface area (Å²) in [4.78, 5) is 3.65. The third kappa shape index (κ3) is 2.81. The Hall–Kier alpha value is -4.04. The van der Waals surface area contributed by atoms with Gasteiger partial charge in [-0.25, -0.2) is 0 Å². The van der Waals surface area contributed by atoms with Gasteiger partial charge in [0, 0.05) is 38.6 Å². The minimum Gasteiger partial charge on any atom is -0.358 e. The van der Waals surface area contributed by atoms with E-state index in [1.54, 1.807) is 0 Å². The highest BCUT2D eigenvalue weighted by Gasteiger charge is 2.17. The predicted octanol–water partition coefficient (Wildman–Crippen LogP) is 8.14. The lowest BCUT2D eigenvalue weighted by atomic mass is 9.94. The Morgan fingerprint density at radius 3 is 2.33 bits per heavy atom. The average Bonchev–Trinajstić information content (AvgIpc) is 3.38. The Balaban J connectivity index is 1.44. The maximum atomic E-state index is 3.65. The van der Waals surface area contributed by atoms with E-state index in [0.29, 0.717) is 5.92 Å². The van der Waals surface area contributed by atoms with Crippen molar-refractivity contribution < 1.29 is 0 Å². The lowest BCUT2D eigenvalue weighted by molar-refractivity contribution is 0.705. The molecule has 0 saturated carbocycles. The minimum atomic E-state index is 0.592. The van der Waals surface area contributed by atoms with Crippen LogP contribution in [0.2, 0.25) is 0 Å². The molecule has 0 aliphatic heterocycles. The molecular formula is C31H24N2. The Labute approximate surface area is 192 Å². The Kier molecular flexibility index (Phi) is 3.92. The van der Waals surface area contributed by atoms with Crippen LogP contribution in [0.1, 0.15) is 18.2 Å². The van der Waals surface area contributed by atoms with Crippen molar-refractivity contribution in [2.45, 2.75) is 13.3 Å². The monoisotopic (exact) mass is 424 g/mol. The Bertz CT molecular complexity index is 1700. The summed E-state index contributed by atoms with van der Waals surface area (Å²) in [5.41, 5.74) is 10.1. The quantitative estimate of drug-likeness (QED) is 0.290. The fourth-order valence-corrected chi connectivity index (χ4v) is 5.46. The smallest absolute Gasteiger partial charge is 0.0541 e. The number of hydrogen-bond acceptors (Lipinski definition) is 0. The minimum absolute atomic E-state index is 0.592. The Morgan fingerprint density at radius 1 is 0.727 bits per heavy atom. The van der Waals surface area contributed by atoms with E-state index in [-0.39, 0.29) is 0 Å². The summed E-state index contributed by atoms with van der Waals surface area (Å²) in [6.45, 7) is 2.28. The number of nitrogens with one attached hydrogen (secondary N) is 1. The zero-order valence-electron chi connectivity index (χ0n) is 18.5. The normalized spacial score (nSPS) is 15.5. The third-order valence-electron chi connectivity index (χ3n) is 7.06. The Morgan fingerprint density at radius 2 is 1.45 bits per heavy atom. The molecule has 1 aliphatic rings. The van der Waals surface area contributed by atoms with Gasteiger partial charge < -0.3 is 9.55 Å². The number of nitrogens with zero attached hydrogens (tertiary/aromatic N) is 1. The van der Waals surface area contributed by atoms with Gasteiger partial charge in [-0.05, 0) is 65.9 Å². The molecule has 2 nitrogen and oxygen atoms in total. The highest BCUT2D eigenvalue weighted by molar-refractivity contribution is 6.10. The second kappa shape index (κ2) is 6.98. The van der Waals surface area contributed by atoms with Crippen LogP contribution in [0.3, 0.4) is 0 Å². The predicted molar refractivity (Wildman–Crippen MR) is 140 cm³/mol. The van der Waals surface area contributed by atoms with Crippen molar-refractivity contribution in [2.24, 2.45) is 5.92 Å². The van der Waals surface area contributed by atoms with Gasteiger partial charge in [0.15, 0.2) is 0 Å². The summed E-state index contributed by atoms with van der Waals surface area (Å²) in [5, 5.41) is 3.89. The van der Waals surface area contributed by atoms with Gasteiger partial charge in [0.1, 0.15) is 0 Å². The highest BCUT2D eigenvalue weighted by atomic mass is 15.0. The number of H-pyrrole nitrogens is 1. The lowest BCUT2D eigenvalue weighted by Crippen LogP contribution is -2.01. The summed E-state index contributed by atoms with van der Waals surface area (Å²) in [6.07, 6.45) is 5.70. The van der Waals surface area contributed by atoms with Gasteiger partial charge in [-0.15, -0.1) is 0 Å². The van der Waals surface area contributed by atoms with Crippen LogP contribution in [-0.4, -0.2) is 9.55 Å².